The van der Waals surface area contributed by atoms with Crippen LogP contribution < -0.4 is 10.6 Å². The van der Waals surface area contributed by atoms with Crippen LogP contribution in [0.25, 0.3) is 10.8 Å². The third-order valence-electron chi connectivity index (χ3n) is 4.24. The molecule has 1 aliphatic carbocycles. The van der Waals surface area contributed by atoms with Crippen molar-refractivity contribution in [3.8, 4) is 11.8 Å². The lowest BCUT2D eigenvalue weighted by atomic mass is 10.1. The molecule has 0 atom stereocenters. The number of carbonyl (C=O) groups excluding carboxylic acids is 1. The van der Waals surface area contributed by atoms with E-state index in [9.17, 15) is 4.79 Å². The number of imidazole rings is 1. The van der Waals surface area contributed by atoms with E-state index < -0.39 is 0 Å². The van der Waals surface area contributed by atoms with Gasteiger partial charge in [-0.2, -0.15) is 0 Å². The number of amides is 1. The average Bonchev–Trinajstić information content (AvgIpc) is 3.42. The topological polar surface area (TPSA) is 84.7 Å². The van der Waals surface area contributed by atoms with Gasteiger partial charge in [-0.15, -0.1) is 0 Å². The van der Waals surface area contributed by atoms with Crippen LogP contribution >= 0.6 is 0 Å². The van der Waals surface area contributed by atoms with Crippen LogP contribution in [0.3, 0.4) is 0 Å². The second-order valence-corrected chi connectivity index (χ2v) is 6.32. The first-order valence-electron chi connectivity index (χ1n) is 8.41. The molecule has 0 saturated heterocycles. The zero-order chi connectivity index (χ0) is 18.1. The van der Waals surface area contributed by atoms with Crippen molar-refractivity contribution in [2.45, 2.75) is 12.8 Å². The Bertz CT molecular complexity index is 1050. The van der Waals surface area contributed by atoms with Gasteiger partial charge < -0.3 is 15.2 Å². The molecular weight excluding hydrogens is 328 g/mol. The number of nitrogens with zero attached hydrogens (tertiary/aromatic N) is 4. The molecule has 2 N–H and O–H groups in total. The summed E-state index contributed by atoms with van der Waals surface area (Å²) in [6.45, 7) is 0. The lowest BCUT2D eigenvalue weighted by Gasteiger charge is -2.09. The van der Waals surface area contributed by atoms with Crippen LogP contribution in [0.5, 0.6) is 0 Å². The Morgan fingerprint density at radius 2 is 2.04 bits per heavy atom. The summed E-state index contributed by atoms with van der Waals surface area (Å²) in [7, 11) is 3.71. The molecule has 0 spiro atoms. The molecule has 7 heteroatoms. The Morgan fingerprint density at radius 3 is 2.73 bits per heavy atom. The summed E-state index contributed by atoms with van der Waals surface area (Å²) in [6.07, 6.45) is 8.90. The Labute approximate surface area is 150 Å². The first kappa shape index (κ1) is 16.1. The van der Waals surface area contributed by atoms with E-state index in [2.05, 4.69) is 37.4 Å². The summed E-state index contributed by atoms with van der Waals surface area (Å²) in [5.41, 5.74) is 1.45. The SMILES string of the molecule is CNc1ncc(C#Cc2cn(C)cn2)c2cc(NC(=O)C3CC3)ncc12. The number of pyridine rings is 2. The molecule has 4 rings (SSSR count). The predicted molar refractivity (Wildman–Crippen MR) is 99.6 cm³/mol. The monoisotopic (exact) mass is 346 g/mol. The van der Waals surface area contributed by atoms with Gasteiger partial charge in [-0.1, -0.05) is 5.92 Å². The molecule has 1 fully saturated rings. The van der Waals surface area contributed by atoms with Gasteiger partial charge in [0.2, 0.25) is 5.91 Å². The largest absolute Gasteiger partial charge is 0.373 e. The summed E-state index contributed by atoms with van der Waals surface area (Å²) < 4.78 is 1.85. The van der Waals surface area contributed by atoms with Crippen LogP contribution in [0, 0.1) is 17.8 Å². The van der Waals surface area contributed by atoms with Crippen LogP contribution in [0.15, 0.2) is 31.0 Å². The molecule has 26 heavy (non-hydrogen) atoms. The van der Waals surface area contributed by atoms with Gasteiger partial charge >= 0.3 is 0 Å². The average molecular weight is 346 g/mol. The van der Waals surface area contributed by atoms with Gasteiger partial charge in [0.1, 0.15) is 17.3 Å². The fourth-order valence-electron chi connectivity index (χ4n) is 2.68. The third kappa shape index (κ3) is 3.22. The Kier molecular flexibility index (Phi) is 4.01. The molecule has 3 aromatic rings. The van der Waals surface area contributed by atoms with Crippen molar-refractivity contribution >= 4 is 28.3 Å². The van der Waals surface area contributed by atoms with E-state index >= 15 is 0 Å². The van der Waals surface area contributed by atoms with Crippen molar-refractivity contribution in [3.63, 3.8) is 0 Å². The highest BCUT2D eigenvalue weighted by molar-refractivity contribution is 5.99. The van der Waals surface area contributed by atoms with E-state index in [-0.39, 0.29) is 11.8 Å². The predicted octanol–water partition coefficient (Wildman–Crippen LogP) is 2.15. The first-order chi connectivity index (χ1) is 12.6. The number of hydrogen-bond donors (Lipinski definition) is 2. The van der Waals surface area contributed by atoms with Crippen LogP contribution in [-0.4, -0.2) is 32.5 Å². The van der Waals surface area contributed by atoms with Crippen molar-refractivity contribution in [1.29, 1.82) is 0 Å². The van der Waals surface area contributed by atoms with Crippen molar-refractivity contribution in [1.82, 2.24) is 19.5 Å². The standard InChI is InChI=1S/C19H18N6O/c1-20-18-16-9-21-17(24-19(26)12-3-4-12)7-15(16)13(8-22-18)5-6-14-10-25(2)11-23-14/h7-12H,3-4H2,1-2H3,(H,20,22)(H,21,24,26). The Balaban J connectivity index is 1.75. The van der Waals surface area contributed by atoms with Gasteiger partial charge in [0.25, 0.3) is 0 Å². The third-order valence-corrected chi connectivity index (χ3v) is 4.24. The lowest BCUT2D eigenvalue weighted by molar-refractivity contribution is -0.117. The van der Waals surface area contributed by atoms with Gasteiger partial charge in [-0.3, -0.25) is 4.79 Å². The number of aryl methyl sites for hydroxylation is 1. The smallest absolute Gasteiger partial charge is 0.228 e. The fraction of sp³-hybridized carbons (Fsp3) is 0.263. The highest BCUT2D eigenvalue weighted by atomic mass is 16.2. The molecule has 3 aromatic heterocycles. The molecule has 0 radical (unpaired) electrons. The molecular formula is C19H18N6O. The normalized spacial score (nSPS) is 13.2. The molecule has 7 nitrogen and oxygen atoms in total. The number of anilines is 2. The number of rotatable bonds is 3. The van der Waals surface area contributed by atoms with E-state index in [1.54, 1.807) is 18.7 Å². The highest BCUT2D eigenvalue weighted by Crippen LogP contribution is 2.31. The van der Waals surface area contributed by atoms with Crippen LogP contribution in [0.2, 0.25) is 0 Å². The minimum absolute atomic E-state index is 0.0286. The van der Waals surface area contributed by atoms with Crippen molar-refractivity contribution in [3.05, 3.63) is 42.2 Å². The maximum absolute atomic E-state index is 12.0. The number of hydrogen-bond acceptors (Lipinski definition) is 5. The second kappa shape index (κ2) is 6.48. The maximum atomic E-state index is 12.0. The van der Waals surface area contributed by atoms with Gasteiger partial charge in [-0.25, -0.2) is 15.0 Å². The molecule has 0 aromatic carbocycles. The Hall–Kier alpha value is -3.40. The van der Waals surface area contributed by atoms with Gasteiger partial charge in [-0.05, 0) is 24.8 Å². The van der Waals surface area contributed by atoms with E-state index in [1.807, 2.05) is 30.9 Å². The quantitative estimate of drug-likeness (QED) is 0.710. The second-order valence-electron chi connectivity index (χ2n) is 6.32. The summed E-state index contributed by atoms with van der Waals surface area (Å²) in [5.74, 6) is 7.58. The van der Waals surface area contributed by atoms with Gasteiger partial charge in [0, 0.05) is 49.4 Å². The van der Waals surface area contributed by atoms with Gasteiger partial charge in [0.05, 0.1) is 11.9 Å². The molecule has 0 aliphatic heterocycles. The molecule has 0 unspecified atom stereocenters. The lowest BCUT2D eigenvalue weighted by Crippen LogP contribution is -2.14. The Morgan fingerprint density at radius 1 is 1.19 bits per heavy atom. The van der Waals surface area contributed by atoms with E-state index in [4.69, 9.17) is 0 Å². The molecule has 0 bridgehead atoms. The minimum atomic E-state index is 0.0286. The number of aromatic nitrogens is 4. The molecule has 1 aliphatic rings. The zero-order valence-corrected chi connectivity index (χ0v) is 14.6. The molecule has 1 amide bonds. The van der Waals surface area contributed by atoms with Gasteiger partial charge in [0.15, 0.2) is 0 Å². The van der Waals surface area contributed by atoms with Crippen LogP contribution in [-0.2, 0) is 11.8 Å². The van der Waals surface area contributed by atoms with E-state index in [0.717, 1.165) is 35.0 Å². The maximum Gasteiger partial charge on any atom is 0.228 e. The van der Waals surface area contributed by atoms with E-state index in [1.165, 1.54) is 0 Å². The fourth-order valence-corrected chi connectivity index (χ4v) is 2.68. The van der Waals surface area contributed by atoms with Crippen molar-refractivity contribution in [2.24, 2.45) is 13.0 Å². The molecule has 1 saturated carbocycles. The number of carbonyl (C=O) groups is 1. The minimum Gasteiger partial charge on any atom is -0.373 e. The van der Waals surface area contributed by atoms with Crippen LogP contribution in [0.1, 0.15) is 24.1 Å². The summed E-state index contributed by atoms with van der Waals surface area (Å²) in [6, 6.07) is 1.85. The summed E-state index contributed by atoms with van der Waals surface area (Å²) in [4.78, 5) is 25.0. The molecule has 130 valence electrons. The number of nitrogens with one attached hydrogen (secondary N) is 2. The summed E-state index contributed by atoms with van der Waals surface area (Å²) in [5, 5.41) is 7.68. The number of fused-ring (bicyclic) bond motifs is 1. The zero-order valence-electron chi connectivity index (χ0n) is 14.6. The first-order valence-corrected chi connectivity index (χ1v) is 8.41. The van der Waals surface area contributed by atoms with E-state index in [0.29, 0.717) is 11.5 Å². The summed E-state index contributed by atoms with van der Waals surface area (Å²) >= 11 is 0. The van der Waals surface area contributed by atoms with Crippen molar-refractivity contribution < 1.29 is 4.79 Å². The molecule has 3 heterocycles. The van der Waals surface area contributed by atoms with Crippen LogP contribution in [0.4, 0.5) is 11.6 Å². The van der Waals surface area contributed by atoms with Crippen molar-refractivity contribution in [2.75, 3.05) is 17.7 Å². The highest BCUT2D eigenvalue weighted by Gasteiger charge is 2.29.